The van der Waals surface area contributed by atoms with Crippen molar-refractivity contribution in [2.75, 3.05) is 18.5 Å². The Labute approximate surface area is 116 Å². The predicted octanol–water partition coefficient (Wildman–Crippen LogP) is 3.75. The van der Waals surface area contributed by atoms with E-state index in [1.165, 1.54) is 5.56 Å². The highest BCUT2D eigenvalue weighted by Gasteiger charge is 2.28. The summed E-state index contributed by atoms with van der Waals surface area (Å²) in [6.07, 6.45) is 1.13. The fourth-order valence-electron chi connectivity index (χ4n) is 2.04. The molecular weight excluding hydrogens is 238 g/mol. The molecule has 0 saturated carbocycles. The lowest BCUT2D eigenvalue weighted by molar-refractivity contribution is -0.146. The fraction of sp³-hybridized carbons (Fsp3) is 0.562. The minimum absolute atomic E-state index is 0.491. The van der Waals surface area contributed by atoms with E-state index in [4.69, 9.17) is 5.11 Å². The lowest BCUT2D eigenvalue weighted by Gasteiger charge is -2.28. The molecule has 0 saturated heterocycles. The van der Waals surface area contributed by atoms with E-state index in [1.807, 2.05) is 11.9 Å². The van der Waals surface area contributed by atoms with Crippen LogP contribution < -0.4 is 4.90 Å². The Morgan fingerprint density at radius 3 is 2.26 bits per heavy atom. The number of aliphatic carboxylic acids is 1. The Morgan fingerprint density at radius 1 is 1.32 bits per heavy atom. The van der Waals surface area contributed by atoms with Crippen LogP contribution in [0, 0.1) is 5.41 Å². The Balaban J connectivity index is 2.78. The van der Waals surface area contributed by atoms with Crippen LogP contribution in [0.5, 0.6) is 0 Å². The van der Waals surface area contributed by atoms with Gasteiger partial charge in [-0.25, -0.2) is 0 Å². The van der Waals surface area contributed by atoms with E-state index in [0.717, 1.165) is 12.1 Å². The molecule has 0 aliphatic rings. The molecule has 0 bridgehead atoms. The predicted molar refractivity (Wildman–Crippen MR) is 79.8 cm³/mol. The Hall–Kier alpha value is -1.51. The zero-order valence-electron chi connectivity index (χ0n) is 12.6. The first-order valence-electron chi connectivity index (χ1n) is 6.82. The van der Waals surface area contributed by atoms with Crippen LogP contribution in [0.15, 0.2) is 24.3 Å². The number of carboxylic acids is 1. The number of benzene rings is 1. The molecule has 0 amide bonds. The maximum atomic E-state index is 11.1. The topological polar surface area (TPSA) is 40.5 Å². The van der Waals surface area contributed by atoms with Crippen molar-refractivity contribution in [1.82, 2.24) is 0 Å². The average molecular weight is 263 g/mol. The zero-order valence-corrected chi connectivity index (χ0v) is 12.6. The number of carbonyl (C=O) groups is 1. The van der Waals surface area contributed by atoms with Gasteiger partial charge in [0.15, 0.2) is 0 Å². The molecule has 1 aromatic carbocycles. The minimum Gasteiger partial charge on any atom is -0.481 e. The number of carboxylic acid groups (broad SMARTS) is 1. The first kappa shape index (κ1) is 15.5. The van der Waals surface area contributed by atoms with E-state index in [0.29, 0.717) is 12.5 Å². The smallest absolute Gasteiger partial charge is 0.310 e. The first-order chi connectivity index (χ1) is 8.77. The van der Waals surface area contributed by atoms with E-state index in [1.54, 1.807) is 13.8 Å². The molecule has 1 N–H and O–H groups in total. The molecule has 0 aliphatic carbocycles. The molecule has 3 heteroatoms. The molecule has 0 heterocycles. The average Bonchev–Trinajstić information content (AvgIpc) is 2.37. The van der Waals surface area contributed by atoms with E-state index in [-0.39, 0.29) is 0 Å². The summed E-state index contributed by atoms with van der Waals surface area (Å²) in [5, 5.41) is 9.16. The van der Waals surface area contributed by atoms with E-state index >= 15 is 0 Å². The highest BCUT2D eigenvalue weighted by molar-refractivity contribution is 5.74. The summed E-state index contributed by atoms with van der Waals surface area (Å²) in [5.41, 5.74) is 1.64. The first-order valence-corrected chi connectivity index (χ1v) is 6.82. The molecule has 0 aliphatic heterocycles. The van der Waals surface area contributed by atoms with Crippen LogP contribution in [0.3, 0.4) is 0 Å². The van der Waals surface area contributed by atoms with Crippen LogP contribution in [-0.2, 0) is 4.79 Å². The van der Waals surface area contributed by atoms with Gasteiger partial charge in [0.25, 0.3) is 0 Å². The number of rotatable bonds is 6. The van der Waals surface area contributed by atoms with Crippen LogP contribution in [0.2, 0.25) is 0 Å². The highest BCUT2D eigenvalue weighted by atomic mass is 16.4. The monoisotopic (exact) mass is 263 g/mol. The summed E-state index contributed by atoms with van der Waals surface area (Å²) >= 11 is 0. The summed E-state index contributed by atoms with van der Waals surface area (Å²) in [5.74, 6) is -0.203. The van der Waals surface area contributed by atoms with Crippen LogP contribution in [0.25, 0.3) is 0 Å². The van der Waals surface area contributed by atoms with Gasteiger partial charge in [-0.15, -0.1) is 0 Å². The van der Waals surface area contributed by atoms with E-state index < -0.39 is 11.4 Å². The summed E-state index contributed by atoms with van der Waals surface area (Å²) in [7, 11) is 1.93. The molecule has 0 fully saturated rings. The van der Waals surface area contributed by atoms with Gasteiger partial charge < -0.3 is 10.0 Å². The fourth-order valence-corrected chi connectivity index (χ4v) is 2.04. The third-order valence-electron chi connectivity index (χ3n) is 3.73. The standard InChI is InChI=1S/C16H25NO2/c1-6-12(2)13-7-9-14(10-8-13)17(5)11-16(3,4)15(18)19/h7-10,12H,6,11H2,1-5H3,(H,18,19). The Morgan fingerprint density at radius 2 is 1.84 bits per heavy atom. The van der Waals surface area contributed by atoms with Gasteiger partial charge in [-0.1, -0.05) is 26.0 Å². The van der Waals surface area contributed by atoms with Crippen molar-refractivity contribution in [1.29, 1.82) is 0 Å². The number of hydrogen-bond acceptors (Lipinski definition) is 2. The van der Waals surface area contributed by atoms with Crippen LogP contribution in [-0.4, -0.2) is 24.7 Å². The van der Waals surface area contributed by atoms with Gasteiger partial charge in [-0.2, -0.15) is 0 Å². The Bertz CT molecular complexity index is 423. The van der Waals surface area contributed by atoms with Gasteiger partial charge in [0, 0.05) is 19.3 Å². The SMILES string of the molecule is CCC(C)c1ccc(N(C)CC(C)(C)C(=O)O)cc1. The van der Waals surface area contributed by atoms with Gasteiger partial charge in [-0.3, -0.25) is 4.79 Å². The van der Waals surface area contributed by atoms with Gasteiger partial charge >= 0.3 is 5.97 Å². The third-order valence-corrected chi connectivity index (χ3v) is 3.73. The molecule has 3 nitrogen and oxygen atoms in total. The van der Waals surface area contributed by atoms with Crippen molar-refractivity contribution in [3.63, 3.8) is 0 Å². The molecule has 19 heavy (non-hydrogen) atoms. The van der Waals surface area contributed by atoms with Gasteiger partial charge in [0.2, 0.25) is 0 Å². The molecule has 0 radical (unpaired) electrons. The van der Waals surface area contributed by atoms with Crippen molar-refractivity contribution in [3.05, 3.63) is 29.8 Å². The second-order valence-corrected chi connectivity index (χ2v) is 5.95. The van der Waals surface area contributed by atoms with Crippen molar-refractivity contribution >= 4 is 11.7 Å². The van der Waals surface area contributed by atoms with Crippen LogP contribution in [0.4, 0.5) is 5.69 Å². The summed E-state index contributed by atoms with van der Waals surface area (Å²) < 4.78 is 0. The van der Waals surface area contributed by atoms with E-state index in [9.17, 15) is 4.79 Å². The second kappa shape index (κ2) is 6.09. The number of anilines is 1. The summed E-state index contributed by atoms with van der Waals surface area (Å²) in [6, 6.07) is 8.40. The molecule has 1 rings (SSSR count). The molecular formula is C16H25NO2. The molecule has 0 spiro atoms. The lowest BCUT2D eigenvalue weighted by atomic mass is 9.93. The quantitative estimate of drug-likeness (QED) is 0.849. The normalized spacial score (nSPS) is 13.1. The maximum Gasteiger partial charge on any atom is 0.310 e. The van der Waals surface area contributed by atoms with Crippen LogP contribution >= 0.6 is 0 Å². The second-order valence-electron chi connectivity index (χ2n) is 5.95. The molecule has 106 valence electrons. The molecule has 1 unspecified atom stereocenters. The van der Waals surface area contributed by atoms with E-state index in [2.05, 4.69) is 38.1 Å². The number of hydrogen-bond donors (Lipinski definition) is 1. The lowest BCUT2D eigenvalue weighted by Crippen LogP contribution is -2.37. The molecule has 1 aromatic rings. The minimum atomic E-state index is -0.768. The van der Waals surface area contributed by atoms with Crippen LogP contribution in [0.1, 0.15) is 45.6 Å². The maximum absolute atomic E-state index is 11.1. The van der Waals surface area contributed by atoms with Crippen molar-refractivity contribution in [2.24, 2.45) is 5.41 Å². The van der Waals surface area contributed by atoms with Gasteiger partial charge in [0.1, 0.15) is 0 Å². The Kier molecular flexibility index (Phi) is 4.98. The third kappa shape index (κ3) is 3.98. The van der Waals surface area contributed by atoms with Crippen molar-refractivity contribution in [3.8, 4) is 0 Å². The summed E-state index contributed by atoms with van der Waals surface area (Å²) in [4.78, 5) is 13.1. The molecule has 0 aromatic heterocycles. The van der Waals surface area contributed by atoms with Crippen molar-refractivity contribution < 1.29 is 9.90 Å². The highest BCUT2D eigenvalue weighted by Crippen LogP contribution is 2.24. The van der Waals surface area contributed by atoms with Gasteiger partial charge in [0.05, 0.1) is 5.41 Å². The summed E-state index contributed by atoms with van der Waals surface area (Å²) in [6.45, 7) is 8.38. The zero-order chi connectivity index (χ0) is 14.6. The van der Waals surface area contributed by atoms with Gasteiger partial charge in [-0.05, 0) is 43.9 Å². The molecule has 1 atom stereocenters. The largest absolute Gasteiger partial charge is 0.481 e. The van der Waals surface area contributed by atoms with Crippen molar-refractivity contribution in [2.45, 2.75) is 40.0 Å². The number of nitrogens with zero attached hydrogens (tertiary/aromatic N) is 1.